The van der Waals surface area contributed by atoms with E-state index in [1.165, 1.54) is 29.4 Å². The van der Waals surface area contributed by atoms with E-state index in [2.05, 4.69) is 450 Å². The van der Waals surface area contributed by atoms with E-state index in [-0.39, 0.29) is 33.3 Å². The molecular formula is C103H73I14O14S3+3. The zero-order valence-corrected chi connectivity index (χ0v) is 102. The molecule has 0 spiro atoms. The fraction of sp³-hybridized carbons (Fsp3) is 0.0680. The standard InChI is InChI=1S/C39H26I6O6S.2C32H22I4O4S/c40-31-13-22(14-32(41)37(31)46)19-49-25-1-7-28(8-2-25)52(29-9-3-26(4-10-29)50-20-23-15-33(42)38(47)34(43)16-23)30-11-5-27(6-12-30)51-21-24-17-35(44)39(48)36(45)18-24;33-22-14-20(31(37)29(35)16-22)18-39-24-6-10-27(11-7-24)41(26-4-2-1-3-5-26)28-12-8-25(9-13-28)40-19-21-15-23(34)17-30(36)32(21)38;33-27-14-20(15-28(34)31(27)37)18-39-22-6-10-25(11-7-22)41(24-4-2-1-3-5-24)26-12-8-23(9-13-26)40-19-21-16-29(35)32(38)30(36)17-21/h1-18H,19-21H2,(H2-,46,47,48);2*1-17H,18-19H2,(H-,37,38)/p+3. The van der Waals surface area contributed by atoms with Crippen LogP contribution in [0.5, 0.6) is 80.5 Å². The Labute approximate surface area is 976 Å². The Bertz CT molecular complexity index is 6200. The van der Waals surface area contributed by atoms with Gasteiger partial charge >= 0.3 is 0 Å². The number of hydrogen-bond donors (Lipinski definition) is 7. The van der Waals surface area contributed by atoms with Crippen molar-refractivity contribution in [1.82, 2.24) is 0 Å². The summed E-state index contributed by atoms with van der Waals surface area (Å²) >= 11 is 30.1. The van der Waals surface area contributed by atoms with Crippen molar-refractivity contribution >= 4 is 349 Å². The molecule has 16 rings (SSSR count). The summed E-state index contributed by atoms with van der Waals surface area (Å²) in [5.74, 6) is 7.42. The molecule has 0 aliphatic rings. The van der Waals surface area contributed by atoms with Gasteiger partial charge in [-0.05, 0) is 623 Å². The number of phenols is 7. The molecule has 7 N–H and O–H groups in total. The first-order chi connectivity index (χ1) is 64.5. The fourth-order valence-corrected chi connectivity index (χ4v) is 32.7. The van der Waals surface area contributed by atoms with Gasteiger partial charge in [-0.3, -0.25) is 0 Å². The molecule has 0 heterocycles. The highest BCUT2D eigenvalue weighted by Gasteiger charge is 2.33. The Morgan fingerprint density at radius 2 is 0.313 bits per heavy atom. The number of hydrogen-bond acceptors (Lipinski definition) is 14. The van der Waals surface area contributed by atoms with Crippen LogP contribution in [-0.4, -0.2) is 35.7 Å². The molecule has 0 saturated heterocycles. The highest BCUT2D eigenvalue weighted by molar-refractivity contribution is 14.1. The molecule has 16 aromatic rings. The SMILES string of the molecule is Oc1c(I)cc(COc2ccc([S+](c3ccc(OCc4cc(I)c(O)c(I)c4)cc3)c3ccc(OCc4cc(I)c(O)c(I)c4)cc3)cc2)cc1I.Oc1c(I)cc(COc2ccc([S+](c3ccccc3)c3ccc(OCc4cc(I)c(O)c(I)c4)cc3)cc2)cc1I.Oc1c(I)cc(I)cc1COc1ccc([S+](c2ccccc2)c2ccc(OCc3cc(I)cc(I)c3O)cc2)cc1. The van der Waals surface area contributed by atoms with Crippen molar-refractivity contribution in [2.24, 2.45) is 0 Å². The zero-order valence-electron chi connectivity index (χ0n) is 69.5. The average Bonchev–Trinajstić information content (AvgIpc) is 0.802. The van der Waals surface area contributed by atoms with E-state index in [4.69, 9.17) is 33.2 Å². The summed E-state index contributed by atoms with van der Waals surface area (Å²) in [5.41, 5.74) is 6.54. The smallest absolute Gasteiger partial charge is 0.166 e. The Kier molecular flexibility index (Phi) is 40.5. The molecule has 14 nitrogen and oxygen atoms in total. The predicted octanol–water partition coefficient (Wildman–Crippen LogP) is 31.8. The number of ether oxygens (including phenoxy) is 7. The van der Waals surface area contributed by atoms with E-state index in [9.17, 15) is 35.7 Å². The van der Waals surface area contributed by atoms with Gasteiger partial charge in [-0.25, -0.2) is 0 Å². The zero-order chi connectivity index (χ0) is 94.8. The average molecular weight is 3410 g/mol. The van der Waals surface area contributed by atoms with E-state index in [1.807, 2.05) is 182 Å². The predicted molar refractivity (Wildman–Crippen MR) is 650 cm³/mol. The van der Waals surface area contributed by atoms with Crippen molar-refractivity contribution in [3.8, 4) is 80.5 Å². The largest absolute Gasteiger partial charge is 0.506 e. The Balaban J connectivity index is 0.000000163. The molecule has 682 valence electrons. The molecule has 0 amide bonds. The van der Waals surface area contributed by atoms with Gasteiger partial charge in [0, 0.05) is 18.3 Å². The summed E-state index contributed by atoms with van der Waals surface area (Å²) in [5, 5.41) is 71.3. The maximum absolute atomic E-state index is 10.4. The third-order valence-corrected chi connectivity index (χ3v) is 37.6. The number of rotatable bonds is 30. The van der Waals surface area contributed by atoms with E-state index >= 15 is 0 Å². The molecule has 134 heavy (non-hydrogen) atoms. The molecule has 0 aromatic heterocycles. The second-order valence-corrected chi connectivity index (χ2v) is 51.7. The quantitative estimate of drug-likeness (QED) is 0.0165. The highest BCUT2D eigenvalue weighted by atomic mass is 127. The lowest BCUT2D eigenvalue weighted by molar-refractivity contribution is 0.298. The maximum Gasteiger partial charge on any atom is 0.166 e. The molecule has 0 radical (unpaired) electrons. The number of halogens is 14. The molecule has 0 bridgehead atoms. The minimum Gasteiger partial charge on any atom is -0.506 e. The monoisotopic (exact) mass is 3410 g/mol. The molecule has 0 aliphatic carbocycles. The van der Waals surface area contributed by atoms with Crippen LogP contribution in [0.4, 0.5) is 0 Å². The fourth-order valence-electron chi connectivity index (χ4n) is 13.2. The van der Waals surface area contributed by atoms with Gasteiger partial charge < -0.3 is 68.9 Å². The van der Waals surface area contributed by atoms with Gasteiger partial charge in [0.2, 0.25) is 0 Å². The van der Waals surface area contributed by atoms with Gasteiger partial charge in [0.15, 0.2) is 44.1 Å². The van der Waals surface area contributed by atoms with Crippen LogP contribution in [0.15, 0.2) is 360 Å². The van der Waals surface area contributed by atoms with Crippen LogP contribution in [0.25, 0.3) is 0 Å². The van der Waals surface area contributed by atoms with Crippen LogP contribution in [-0.2, 0) is 78.9 Å². The molecule has 0 atom stereocenters. The normalized spacial score (nSPS) is 11.1. The van der Waals surface area contributed by atoms with Gasteiger partial charge in [0.05, 0.1) is 75.5 Å². The van der Waals surface area contributed by atoms with Gasteiger partial charge in [0.1, 0.15) is 127 Å². The molecule has 31 heteroatoms. The molecule has 16 aromatic carbocycles. The minimum atomic E-state index is -0.442. The lowest BCUT2D eigenvalue weighted by Crippen LogP contribution is -2.06. The third kappa shape index (κ3) is 29.4. The second-order valence-electron chi connectivity index (χ2n) is 29.2. The van der Waals surface area contributed by atoms with Crippen LogP contribution in [0.3, 0.4) is 0 Å². The van der Waals surface area contributed by atoms with Crippen molar-refractivity contribution < 1.29 is 68.9 Å². The summed E-state index contributed by atoms with van der Waals surface area (Å²) in [4.78, 5) is 10.6. The van der Waals surface area contributed by atoms with Crippen molar-refractivity contribution in [3.63, 3.8) is 0 Å². The van der Waals surface area contributed by atoms with E-state index in [0.717, 1.165) is 144 Å². The highest BCUT2D eigenvalue weighted by Crippen LogP contribution is 2.42. The molecule has 0 unspecified atom stereocenters. The summed E-state index contributed by atoms with van der Waals surface area (Å²) in [7, 11) is -1.07. The number of aromatic hydroxyl groups is 7. The van der Waals surface area contributed by atoms with Crippen molar-refractivity contribution in [1.29, 1.82) is 0 Å². The Morgan fingerprint density at radius 3 is 0.485 bits per heavy atom. The maximum atomic E-state index is 10.4. The summed E-state index contributed by atoms with van der Waals surface area (Å²) < 4.78 is 54.4. The minimum absolute atomic E-state index is 0.269. The van der Waals surface area contributed by atoms with Crippen LogP contribution in [0.2, 0.25) is 0 Å². The van der Waals surface area contributed by atoms with Crippen LogP contribution >= 0.6 is 316 Å². The number of benzene rings is 16. The van der Waals surface area contributed by atoms with Crippen molar-refractivity contribution in [3.05, 3.63) is 404 Å². The topological polar surface area (TPSA) is 206 Å². The van der Waals surface area contributed by atoms with Crippen molar-refractivity contribution in [2.75, 3.05) is 0 Å². The molecule has 0 aliphatic heterocycles. The Morgan fingerprint density at radius 1 is 0.164 bits per heavy atom. The third-order valence-electron chi connectivity index (χ3n) is 19.8. The second kappa shape index (κ2) is 51.3. The first-order valence-corrected chi connectivity index (χ1v) is 58.9. The van der Waals surface area contributed by atoms with Crippen molar-refractivity contribution in [2.45, 2.75) is 90.3 Å². The van der Waals surface area contributed by atoms with Crippen LogP contribution in [0, 0.1) is 50.0 Å². The van der Waals surface area contributed by atoms with E-state index < -0.39 is 10.9 Å². The van der Waals surface area contributed by atoms with Gasteiger partial charge in [-0.1, -0.05) is 36.4 Å². The molecular weight excluding hydrogens is 3330 g/mol. The van der Waals surface area contributed by atoms with Gasteiger partial charge in [-0.15, -0.1) is 0 Å². The summed E-state index contributed by atoms with van der Waals surface area (Å²) in [6, 6.07) is 106. The van der Waals surface area contributed by atoms with E-state index in [0.29, 0.717) is 75.0 Å². The first kappa shape index (κ1) is 106. The molecule has 0 saturated carbocycles. The van der Waals surface area contributed by atoms with E-state index in [1.54, 1.807) is 0 Å². The van der Waals surface area contributed by atoms with Crippen LogP contribution < -0.4 is 33.2 Å². The summed E-state index contributed by atoms with van der Waals surface area (Å²) in [6.45, 7) is 2.63. The Hall–Kier alpha value is -4.01. The summed E-state index contributed by atoms with van der Waals surface area (Å²) in [6.07, 6.45) is 0. The lowest BCUT2D eigenvalue weighted by atomic mass is 10.2. The number of phenolic OH excluding ortho intramolecular Hbond substituents is 7. The lowest BCUT2D eigenvalue weighted by Gasteiger charge is -2.13. The van der Waals surface area contributed by atoms with Crippen LogP contribution in [0.1, 0.15) is 38.9 Å². The molecule has 0 fully saturated rings. The van der Waals surface area contributed by atoms with Gasteiger partial charge in [0.25, 0.3) is 0 Å². The first-order valence-electron chi connectivity index (χ1n) is 40.1. The van der Waals surface area contributed by atoms with Gasteiger partial charge in [-0.2, -0.15) is 0 Å².